The van der Waals surface area contributed by atoms with Crippen molar-refractivity contribution < 1.29 is 19.4 Å². The van der Waals surface area contributed by atoms with Gasteiger partial charge in [-0.3, -0.25) is 4.79 Å². The van der Waals surface area contributed by atoms with Crippen LogP contribution in [0.5, 0.6) is 0 Å². The molecular formula is C12H24N2O4. The summed E-state index contributed by atoms with van der Waals surface area (Å²) in [6.07, 6.45) is -0.622. The Morgan fingerprint density at radius 3 is 2.33 bits per heavy atom. The third-order valence-electron chi connectivity index (χ3n) is 2.17. The van der Waals surface area contributed by atoms with Crippen LogP contribution >= 0.6 is 0 Å². The van der Waals surface area contributed by atoms with Gasteiger partial charge in [0, 0.05) is 13.1 Å². The molecule has 0 aromatic rings. The Hall–Kier alpha value is -1.30. The minimum absolute atomic E-state index is 0.0985. The topological polar surface area (TPSA) is 78.9 Å². The van der Waals surface area contributed by atoms with Crippen molar-refractivity contribution in [1.82, 2.24) is 10.2 Å². The lowest BCUT2D eigenvalue weighted by Crippen LogP contribution is -2.48. The lowest BCUT2D eigenvalue weighted by Gasteiger charge is -2.25. The first kappa shape index (κ1) is 16.7. The van der Waals surface area contributed by atoms with Crippen LogP contribution in [-0.2, 0) is 9.53 Å². The Kier molecular flexibility index (Phi) is 6.68. The predicted molar refractivity (Wildman–Crippen MR) is 68.2 cm³/mol. The second-order valence-electron chi connectivity index (χ2n) is 5.01. The van der Waals surface area contributed by atoms with Gasteiger partial charge in [0.15, 0.2) is 0 Å². The van der Waals surface area contributed by atoms with Crippen LogP contribution in [0.25, 0.3) is 0 Å². The quantitative estimate of drug-likeness (QED) is 0.764. The summed E-state index contributed by atoms with van der Waals surface area (Å²) in [6.45, 7) is 9.31. The van der Waals surface area contributed by atoms with E-state index in [1.54, 1.807) is 27.7 Å². The van der Waals surface area contributed by atoms with Crippen LogP contribution in [0.4, 0.5) is 4.79 Å². The van der Waals surface area contributed by atoms with Gasteiger partial charge in [0.1, 0.15) is 11.6 Å². The third-order valence-corrected chi connectivity index (χ3v) is 2.17. The highest BCUT2D eigenvalue weighted by Crippen LogP contribution is 2.07. The number of likely N-dealkylation sites (N-methyl/N-ethyl adjacent to an activating group) is 1. The van der Waals surface area contributed by atoms with E-state index in [9.17, 15) is 9.59 Å². The summed E-state index contributed by atoms with van der Waals surface area (Å²) in [7, 11) is 0. The number of nitrogens with one attached hydrogen (secondary N) is 1. The summed E-state index contributed by atoms with van der Waals surface area (Å²) in [5.74, 6) is -0.239. The van der Waals surface area contributed by atoms with Crippen molar-refractivity contribution in [2.45, 2.75) is 46.3 Å². The summed E-state index contributed by atoms with van der Waals surface area (Å²) in [5, 5.41) is 11.3. The molecular weight excluding hydrogens is 236 g/mol. The number of aliphatic hydroxyl groups excluding tert-OH is 1. The summed E-state index contributed by atoms with van der Waals surface area (Å²) in [4.78, 5) is 24.9. The molecule has 0 aliphatic carbocycles. The highest BCUT2D eigenvalue weighted by Gasteiger charge is 2.23. The minimum atomic E-state index is -0.675. The van der Waals surface area contributed by atoms with Crippen LogP contribution in [-0.4, -0.2) is 53.3 Å². The monoisotopic (exact) mass is 260 g/mol. The molecule has 2 N–H and O–H groups in total. The first-order valence-corrected chi connectivity index (χ1v) is 6.10. The molecule has 106 valence electrons. The van der Waals surface area contributed by atoms with Crippen molar-refractivity contribution in [1.29, 1.82) is 0 Å². The van der Waals surface area contributed by atoms with Crippen LogP contribution in [0.2, 0.25) is 0 Å². The fourth-order valence-electron chi connectivity index (χ4n) is 1.36. The molecule has 0 spiro atoms. The molecule has 0 aromatic carbocycles. The second-order valence-corrected chi connectivity index (χ2v) is 5.01. The fraction of sp³-hybridized carbons (Fsp3) is 0.833. The number of nitrogens with zero attached hydrogens (tertiary/aromatic N) is 1. The highest BCUT2D eigenvalue weighted by atomic mass is 16.6. The van der Waals surface area contributed by atoms with E-state index in [1.165, 1.54) is 4.90 Å². The molecule has 6 nitrogen and oxygen atoms in total. The molecule has 18 heavy (non-hydrogen) atoms. The molecule has 2 amide bonds. The fourth-order valence-corrected chi connectivity index (χ4v) is 1.36. The number of aliphatic hydroxyl groups is 1. The Labute approximate surface area is 108 Å². The average Bonchev–Trinajstić information content (AvgIpc) is 2.21. The SMILES string of the molecule is CCN(CCO)C(=O)C(C)NC(=O)OC(C)(C)C. The van der Waals surface area contributed by atoms with E-state index in [-0.39, 0.29) is 19.1 Å². The summed E-state index contributed by atoms with van der Waals surface area (Å²) >= 11 is 0. The zero-order chi connectivity index (χ0) is 14.3. The first-order chi connectivity index (χ1) is 8.21. The van der Waals surface area contributed by atoms with Crippen molar-refractivity contribution in [2.75, 3.05) is 19.7 Å². The van der Waals surface area contributed by atoms with Gasteiger partial charge in [0.25, 0.3) is 0 Å². The maximum atomic E-state index is 11.9. The molecule has 0 saturated heterocycles. The first-order valence-electron chi connectivity index (χ1n) is 6.10. The van der Waals surface area contributed by atoms with Gasteiger partial charge in [0.05, 0.1) is 6.61 Å². The molecule has 1 atom stereocenters. The van der Waals surface area contributed by atoms with Gasteiger partial charge in [-0.05, 0) is 34.6 Å². The Morgan fingerprint density at radius 2 is 1.94 bits per heavy atom. The van der Waals surface area contributed by atoms with E-state index in [0.717, 1.165) is 0 Å². The zero-order valence-corrected chi connectivity index (χ0v) is 11.8. The Morgan fingerprint density at radius 1 is 1.39 bits per heavy atom. The number of carbonyl (C=O) groups is 2. The van der Waals surface area contributed by atoms with Crippen molar-refractivity contribution in [3.05, 3.63) is 0 Å². The molecule has 0 bridgehead atoms. The number of carbonyl (C=O) groups excluding carboxylic acids is 2. The van der Waals surface area contributed by atoms with Crippen molar-refractivity contribution in [3.8, 4) is 0 Å². The minimum Gasteiger partial charge on any atom is -0.444 e. The van der Waals surface area contributed by atoms with Crippen molar-refractivity contribution in [2.24, 2.45) is 0 Å². The van der Waals surface area contributed by atoms with E-state index < -0.39 is 17.7 Å². The number of ether oxygens (including phenoxy) is 1. The molecule has 0 aliphatic heterocycles. The zero-order valence-electron chi connectivity index (χ0n) is 11.8. The van der Waals surface area contributed by atoms with Gasteiger partial charge >= 0.3 is 6.09 Å². The van der Waals surface area contributed by atoms with Crippen LogP contribution in [0.3, 0.4) is 0 Å². The maximum absolute atomic E-state index is 11.9. The van der Waals surface area contributed by atoms with Crippen LogP contribution in [0.1, 0.15) is 34.6 Å². The average molecular weight is 260 g/mol. The normalized spacial score (nSPS) is 12.8. The van der Waals surface area contributed by atoms with E-state index in [1.807, 2.05) is 6.92 Å². The Bertz CT molecular complexity index is 286. The van der Waals surface area contributed by atoms with Crippen LogP contribution in [0, 0.1) is 0 Å². The van der Waals surface area contributed by atoms with Gasteiger partial charge in [-0.2, -0.15) is 0 Å². The van der Waals surface area contributed by atoms with E-state index in [4.69, 9.17) is 9.84 Å². The van der Waals surface area contributed by atoms with Gasteiger partial charge < -0.3 is 20.1 Å². The largest absolute Gasteiger partial charge is 0.444 e. The summed E-state index contributed by atoms with van der Waals surface area (Å²) in [5.41, 5.74) is -0.595. The van der Waals surface area contributed by atoms with Gasteiger partial charge in [-0.1, -0.05) is 0 Å². The third kappa shape index (κ3) is 6.44. The molecule has 0 fully saturated rings. The van der Waals surface area contributed by atoms with E-state index in [0.29, 0.717) is 6.54 Å². The van der Waals surface area contributed by atoms with Crippen molar-refractivity contribution in [3.63, 3.8) is 0 Å². The van der Waals surface area contributed by atoms with E-state index >= 15 is 0 Å². The van der Waals surface area contributed by atoms with Crippen LogP contribution < -0.4 is 5.32 Å². The van der Waals surface area contributed by atoms with Crippen LogP contribution in [0.15, 0.2) is 0 Å². The predicted octanol–water partition coefficient (Wildman–Crippen LogP) is 0.740. The number of hydrogen-bond acceptors (Lipinski definition) is 4. The van der Waals surface area contributed by atoms with Gasteiger partial charge in [0.2, 0.25) is 5.91 Å². The number of hydrogen-bond donors (Lipinski definition) is 2. The van der Waals surface area contributed by atoms with E-state index in [2.05, 4.69) is 5.32 Å². The number of amides is 2. The standard InChI is InChI=1S/C12H24N2O4/c1-6-14(7-8-15)10(16)9(2)13-11(17)18-12(3,4)5/h9,15H,6-8H2,1-5H3,(H,13,17). The summed E-state index contributed by atoms with van der Waals surface area (Å²) in [6, 6.07) is -0.675. The molecule has 0 saturated carbocycles. The number of alkyl carbamates (subject to hydrolysis) is 1. The number of rotatable bonds is 5. The van der Waals surface area contributed by atoms with Gasteiger partial charge in [-0.15, -0.1) is 0 Å². The summed E-state index contributed by atoms with van der Waals surface area (Å²) < 4.78 is 5.06. The second kappa shape index (κ2) is 7.20. The molecule has 0 aromatic heterocycles. The lowest BCUT2D eigenvalue weighted by atomic mass is 10.2. The smallest absolute Gasteiger partial charge is 0.408 e. The van der Waals surface area contributed by atoms with Crippen molar-refractivity contribution >= 4 is 12.0 Å². The molecule has 0 aliphatic rings. The lowest BCUT2D eigenvalue weighted by molar-refractivity contribution is -0.133. The van der Waals surface area contributed by atoms with Gasteiger partial charge in [-0.25, -0.2) is 4.79 Å². The highest BCUT2D eigenvalue weighted by molar-refractivity contribution is 5.85. The maximum Gasteiger partial charge on any atom is 0.408 e. The Balaban J connectivity index is 4.34. The molecule has 0 radical (unpaired) electrons. The molecule has 0 heterocycles. The molecule has 0 rings (SSSR count). The molecule has 6 heteroatoms. The molecule has 1 unspecified atom stereocenters.